The summed E-state index contributed by atoms with van der Waals surface area (Å²) in [4.78, 5) is 27.3. The molecule has 0 aliphatic carbocycles. The minimum Gasteiger partial charge on any atom is -0.484 e. The van der Waals surface area contributed by atoms with Crippen LogP contribution < -0.4 is 10.1 Å². The molecule has 1 atom stereocenters. The van der Waals surface area contributed by atoms with Crippen LogP contribution in [0, 0.1) is 0 Å². The Morgan fingerprint density at radius 2 is 1.83 bits per heavy atom. The van der Waals surface area contributed by atoms with E-state index < -0.39 is 6.04 Å². The van der Waals surface area contributed by atoms with Crippen LogP contribution in [0.4, 0.5) is 0 Å². The van der Waals surface area contributed by atoms with Gasteiger partial charge in [0.05, 0.1) is 0 Å². The normalized spacial score (nSPS) is 11.6. The molecule has 162 valence electrons. The number of hydrogen-bond donors (Lipinski definition) is 1. The quantitative estimate of drug-likeness (QED) is 0.456. The first-order valence-electron chi connectivity index (χ1n) is 9.75. The van der Waals surface area contributed by atoms with Crippen LogP contribution in [0.2, 0.25) is 10.0 Å². The van der Waals surface area contributed by atoms with E-state index >= 15 is 0 Å². The van der Waals surface area contributed by atoms with Gasteiger partial charge in [0, 0.05) is 27.6 Å². The van der Waals surface area contributed by atoms with Crippen LogP contribution in [0.15, 0.2) is 46.9 Å². The number of hydrogen-bond acceptors (Lipinski definition) is 3. The van der Waals surface area contributed by atoms with E-state index in [-0.39, 0.29) is 25.0 Å². The third-order valence-corrected chi connectivity index (χ3v) is 5.58. The molecule has 0 spiro atoms. The fourth-order valence-electron chi connectivity index (χ4n) is 2.88. The smallest absolute Gasteiger partial charge is 0.261 e. The highest BCUT2D eigenvalue weighted by molar-refractivity contribution is 9.10. The summed E-state index contributed by atoms with van der Waals surface area (Å²) >= 11 is 15.7. The molecule has 1 N–H and O–H groups in total. The van der Waals surface area contributed by atoms with Crippen LogP contribution in [0.1, 0.15) is 32.3 Å². The van der Waals surface area contributed by atoms with Crippen molar-refractivity contribution in [3.63, 3.8) is 0 Å². The van der Waals surface area contributed by atoms with Crippen molar-refractivity contribution >= 4 is 50.9 Å². The van der Waals surface area contributed by atoms with E-state index in [1.807, 2.05) is 26.0 Å². The highest BCUT2D eigenvalue weighted by Gasteiger charge is 2.29. The molecule has 0 fully saturated rings. The van der Waals surface area contributed by atoms with Crippen LogP contribution in [-0.2, 0) is 16.1 Å². The van der Waals surface area contributed by atoms with E-state index in [1.165, 1.54) is 4.90 Å². The lowest BCUT2D eigenvalue weighted by Crippen LogP contribution is -2.50. The SMILES string of the molecule is CCCNC(=O)[C@H](CC)N(Cc1ccc(Cl)cc1Cl)C(=O)COc1ccc(Br)cc1. The van der Waals surface area contributed by atoms with Crippen molar-refractivity contribution < 1.29 is 14.3 Å². The van der Waals surface area contributed by atoms with Gasteiger partial charge in [-0.25, -0.2) is 0 Å². The van der Waals surface area contributed by atoms with Crippen molar-refractivity contribution in [2.24, 2.45) is 0 Å². The second-order valence-electron chi connectivity index (χ2n) is 6.72. The molecule has 2 amide bonds. The lowest BCUT2D eigenvalue weighted by molar-refractivity contribution is -0.143. The van der Waals surface area contributed by atoms with Gasteiger partial charge in [0.2, 0.25) is 5.91 Å². The monoisotopic (exact) mass is 514 g/mol. The van der Waals surface area contributed by atoms with Crippen molar-refractivity contribution in [1.82, 2.24) is 10.2 Å². The van der Waals surface area contributed by atoms with Gasteiger partial charge in [-0.05, 0) is 54.8 Å². The Morgan fingerprint density at radius 3 is 2.43 bits per heavy atom. The summed E-state index contributed by atoms with van der Waals surface area (Å²) in [6.07, 6.45) is 1.27. The number of carbonyl (C=O) groups is 2. The maximum absolute atomic E-state index is 13.1. The minimum absolute atomic E-state index is 0.177. The average Bonchev–Trinajstić information content (AvgIpc) is 2.73. The van der Waals surface area contributed by atoms with Crippen molar-refractivity contribution in [2.45, 2.75) is 39.3 Å². The highest BCUT2D eigenvalue weighted by Crippen LogP contribution is 2.24. The van der Waals surface area contributed by atoms with Crippen LogP contribution in [0.3, 0.4) is 0 Å². The van der Waals surface area contributed by atoms with E-state index in [1.54, 1.807) is 30.3 Å². The van der Waals surface area contributed by atoms with Crippen molar-refractivity contribution in [2.75, 3.05) is 13.2 Å². The Kier molecular flexibility index (Phi) is 9.95. The molecule has 0 radical (unpaired) electrons. The van der Waals surface area contributed by atoms with Crippen LogP contribution in [0.5, 0.6) is 5.75 Å². The number of amides is 2. The molecule has 0 saturated carbocycles. The predicted octanol–water partition coefficient (Wildman–Crippen LogP) is 5.47. The van der Waals surface area contributed by atoms with Gasteiger partial charge in [-0.2, -0.15) is 0 Å². The third kappa shape index (κ3) is 7.18. The second kappa shape index (κ2) is 12.2. The molecule has 0 aromatic heterocycles. The van der Waals surface area contributed by atoms with Gasteiger partial charge in [0.1, 0.15) is 11.8 Å². The number of halogens is 3. The second-order valence-corrected chi connectivity index (χ2v) is 8.47. The number of ether oxygens (including phenoxy) is 1. The molecule has 2 aromatic rings. The Hall–Kier alpha value is -1.76. The number of rotatable bonds is 10. The summed E-state index contributed by atoms with van der Waals surface area (Å²) in [6, 6.07) is 11.7. The highest BCUT2D eigenvalue weighted by atomic mass is 79.9. The van der Waals surface area contributed by atoms with E-state index in [9.17, 15) is 9.59 Å². The minimum atomic E-state index is -0.635. The number of benzene rings is 2. The first kappa shape index (κ1) is 24.5. The van der Waals surface area contributed by atoms with Gasteiger partial charge >= 0.3 is 0 Å². The topological polar surface area (TPSA) is 58.6 Å². The molecule has 30 heavy (non-hydrogen) atoms. The van der Waals surface area contributed by atoms with Crippen LogP contribution in [-0.4, -0.2) is 35.9 Å². The molecule has 8 heteroatoms. The standard InChI is InChI=1S/C22H25BrCl2N2O3/c1-3-11-26-22(29)20(4-2)27(13-15-5-8-17(24)12-19(15)25)21(28)14-30-18-9-6-16(23)7-10-18/h5-10,12,20H,3-4,11,13-14H2,1-2H3,(H,26,29)/t20-/m0/s1. The third-order valence-electron chi connectivity index (χ3n) is 4.47. The molecular formula is C22H25BrCl2N2O3. The van der Waals surface area contributed by atoms with E-state index in [0.717, 1.165) is 10.9 Å². The molecule has 0 heterocycles. The summed E-state index contributed by atoms with van der Waals surface area (Å²) in [5.74, 6) is 0.0726. The first-order valence-corrected chi connectivity index (χ1v) is 11.3. The van der Waals surface area contributed by atoms with Gasteiger partial charge < -0.3 is 15.0 Å². The molecule has 0 bridgehead atoms. The Balaban J connectivity index is 2.22. The first-order chi connectivity index (χ1) is 14.3. The largest absolute Gasteiger partial charge is 0.484 e. The zero-order valence-corrected chi connectivity index (χ0v) is 20.1. The molecule has 0 aliphatic rings. The molecule has 0 saturated heterocycles. The maximum atomic E-state index is 13.1. The van der Waals surface area contributed by atoms with E-state index in [0.29, 0.717) is 34.3 Å². The zero-order chi connectivity index (χ0) is 22.1. The fraction of sp³-hybridized carbons (Fsp3) is 0.364. The van der Waals surface area contributed by atoms with Gasteiger partial charge in [-0.1, -0.05) is 59.0 Å². The lowest BCUT2D eigenvalue weighted by atomic mass is 10.1. The molecule has 2 aromatic carbocycles. The van der Waals surface area contributed by atoms with Crippen LogP contribution in [0.25, 0.3) is 0 Å². The predicted molar refractivity (Wildman–Crippen MR) is 124 cm³/mol. The summed E-state index contributed by atoms with van der Waals surface area (Å²) in [7, 11) is 0. The van der Waals surface area contributed by atoms with Crippen molar-refractivity contribution in [3.05, 3.63) is 62.5 Å². The van der Waals surface area contributed by atoms with Gasteiger partial charge in [0.25, 0.3) is 5.91 Å². The van der Waals surface area contributed by atoms with E-state index in [4.69, 9.17) is 27.9 Å². The number of carbonyl (C=O) groups excluding carboxylic acids is 2. The van der Waals surface area contributed by atoms with Crippen molar-refractivity contribution in [1.29, 1.82) is 0 Å². The molecule has 0 aliphatic heterocycles. The summed E-state index contributed by atoms with van der Waals surface area (Å²) < 4.78 is 6.56. The van der Waals surface area contributed by atoms with Gasteiger partial charge in [-0.15, -0.1) is 0 Å². The summed E-state index contributed by atoms with van der Waals surface area (Å²) in [6.45, 7) is 4.38. The Morgan fingerprint density at radius 1 is 1.13 bits per heavy atom. The van der Waals surface area contributed by atoms with Gasteiger partial charge in [-0.3, -0.25) is 9.59 Å². The Labute approximate surface area is 195 Å². The number of nitrogens with one attached hydrogen (secondary N) is 1. The zero-order valence-electron chi connectivity index (χ0n) is 17.0. The lowest BCUT2D eigenvalue weighted by Gasteiger charge is -2.30. The molecule has 0 unspecified atom stereocenters. The average molecular weight is 516 g/mol. The van der Waals surface area contributed by atoms with Gasteiger partial charge in [0.15, 0.2) is 6.61 Å². The van der Waals surface area contributed by atoms with Crippen molar-refractivity contribution in [3.8, 4) is 5.75 Å². The van der Waals surface area contributed by atoms with E-state index in [2.05, 4.69) is 21.2 Å². The maximum Gasteiger partial charge on any atom is 0.261 e. The molecule has 5 nitrogen and oxygen atoms in total. The Bertz CT molecular complexity index is 862. The van der Waals surface area contributed by atoms with Crippen LogP contribution >= 0.6 is 39.1 Å². The summed E-state index contributed by atoms with van der Waals surface area (Å²) in [5.41, 5.74) is 0.708. The molecular weight excluding hydrogens is 491 g/mol. The fourth-order valence-corrected chi connectivity index (χ4v) is 3.61. The molecule has 2 rings (SSSR count). The number of nitrogens with zero attached hydrogens (tertiary/aromatic N) is 1. The summed E-state index contributed by atoms with van der Waals surface area (Å²) in [5, 5.41) is 3.83.